The maximum absolute atomic E-state index is 6.19. The molecule has 3 heteroatoms. The third kappa shape index (κ3) is 3.08. The van der Waals surface area contributed by atoms with E-state index in [0.717, 1.165) is 18.8 Å². The standard InChI is InChI=1S/C13H28O2Si/c1-5-14-16(12(3)4,15-6-2)13-10-8-7-9-11-13/h12-13H,5-11H2,1-4H3. The van der Waals surface area contributed by atoms with Crippen LogP contribution in [0, 0.1) is 0 Å². The maximum Gasteiger partial charge on any atom is 0.343 e. The van der Waals surface area contributed by atoms with Gasteiger partial charge in [0.15, 0.2) is 0 Å². The fraction of sp³-hybridized carbons (Fsp3) is 1.00. The monoisotopic (exact) mass is 244 g/mol. The molecular formula is C13H28O2Si. The van der Waals surface area contributed by atoms with Crippen LogP contribution in [0.3, 0.4) is 0 Å². The Morgan fingerprint density at radius 1 is 1.00 bits per heavy atom. The largest absolute Gasteiger partial charge is 0.394 e. The van der Waals surface area contributed by atoms with Crippen LogP contribution in [-0.4, -0.2) is 21.8 Å². The van der Waals surface area contributed by atoms with Crippen molar-refractivity contribution < 1.29 is 8.85 Å². The highest BCUT2D eigenvalue weighted by Gasteiger charge is 2.48. The minimum absolute atomic E-state index is 0.565. The minimum Gasteiger partial charge on any atom is -0.394 e. The molecule has 0 N–H and O–H groups in total. The average Bonchev–Trinajstić information content (AvgIpc) is 2.29. The van der Waals surface area contributed by atoms with E-state index in [2.05, 4.69) is 27.7 Å². The number of rotatable bonds is 6. The molecule has 1 rings (SSSR count). The summed E-state index contributed by atoms with van der Waals surface area (Å²) in [5.41, 5.74) is 1.29. The zero-order valence-corrected chi connectivity index (χ0v) is 12.4. The van der Waals surface area contributed by atoms with Gasteiger partial charge in [0.2, 0.25) is 0 Å². The molecule has 0 aromatic rings. The van der Waals surface area contributed by atoms with Crippen molar-refractivity contribution in [3.63, 3.8) is 0 Å². The van der Waals surface area contributed by atoms with Gasteiger partial charge in [-0.3, -0.25) is 0 Å². The van der Waals surface area contributed by atoms with Gasteiger partial charge < -0.3 is 8.85 Å². The molecule has 0 aromatic heterocycles. The zero-order valence-electron chi connectivity index (χ0n) is 11.4. The molecule has 2 nitrogen and oxygen atoms in total. The maximum atomic E-state index is 6.19. The van der Waals surface area contributed by atoms with Gasteiger partial charge in [-0.25, -0.2) is 0 Å². The smallest absolute Gasteiger partial charge is 0.343 e. The van der Waals surface area contributed by atoms with E-state index in [-0.39, 0.29) is 0 Å². The van der Waals surface area contributed by atoms with Crippen LogP contribution in [-0.2, 0) is 8.85 Å². The first-order valence-corrected chi connectivity index (χ1v) is 8.92. The van der Waals surface area contributed by atoms with Crippen LogP contribution in [0.2, 0.25) is 11.1 Å². The summed E-state index contributed by atoms with van der Waals surface area (Å²) in [6.07, 6.45) is 6.78. The molecule has 0 aliphatic heterocycles. The van der Waals surface area contributed by atoms with Crippen molar-refractivity contribution in [2.24, 2.45) is 0 Å². The molecule has 0 heterocycles. The molecule has 0 spiro atoms. The van der Waals surface area contributed by atoms with Gasteiger partial charge in [-0.05, 0) is 32.2 Å². The van der Waals surface area contributed by atoms with Crippen LogP contribution in [0.1, 0.15) is 59.8 Å². The van der Waals surface area contributed by atoms with E-state index >= 15 is 0 Å². The minimum atomic E-state index is -1.97. The van der Waals surface area contributed by atoms with E-state index in [1.807, 2.05) is 0 Å². The summed E-state index contributed by atoms with van der Waals surface area (Å²) in [6, 6.07) is 0. The Bertz CT molecular complexity index is 182. The Balaban J connectivity index is 2.79. The van der Waals surface area contributed by atoms with Crippen LogP contribution in [0.4, 0.5) is 0 Å². The van der Waals surface area contributed by atoms with E-state index in [1.165, 1.54) is 32.1 Å². The fourth-order valence-electron chi connectivity index (χ4n) is 3.04. The highest BCUT2D eigenvalue weighted by molar-refractivity contribution is 6.70. The van der Waals surface area contributed by atoms with Gasteiger partial charge in [0.05, 0.1) is 0 Å². The van der Waals surface area contributed by atoms with E-state index in [4.69, 9.17) is 8.85 Å². The SMILES string of the molecule is CCO[Si](OCC)(C(C)C)C1CCCCC1. The van der Waals surface area contributed by atoms with Gasteiger partial charge in [-0.15, -0.1) is 0 Å². The second kappa shape index (κ2) is 6.77. The van der Waals surface area contributed by atoms with Crippen molar-refractivity contribution in [1.29, 1.82) is 0 Å². The van der Waals surface area contributed by atoms with Crippen molar-refractivity contribution in [3.8, 4) is 0 Å². The second-order valence-electron chi connectivity index (χ2n) is 5.08. The van der Waals surface area contributed by atoms with E-state index in [1.54, 1.807) is 0 Å². The van der Waals surface area contributed by atoms with Gasteiger partial charge in [0, 0.05) is 18.8 Å². The first-order chi connectivity index (χ1) is 7.67. The summed E-state index contributed by atoms with van der Waals surface area (Å²) in [4.78, 5) is 0. The Kier molecular flexibility index (Phi) is 6.01. The van der Waals surface area contributed by atoms with Crippen molar-refractivity contribution in [1.82, 2.24) is 0 Å². The summed E-state index contributed by atoms with van der Waals surface area (Å²) in [5.74, 6) is 0. The van der Waals surface area contributed by atoms with Crippen LogP contribution < -0.4 is 0 Å². The molecule has 1 fully saturated rings. The molecule has 0 unspecified atom stereocenters. The molecule has 0 saturated heterocycles. The highest BCUT2D eigenvalue weighted by atomic mass is 28.4. The molecule has 96 valence electrons. The summed E-state index contributed by atoms with van der Waals surface area (Å²) >= 11 is 0. The van der Waals surface area contributed by atoms with Crippen LogP contribution in [0.25, 0.3) is 0 Å². The Labute approximate surface area is 102 Å². The quantitative estimate of drug-likeness (QED) is 0.650. The third-order valence-corrected chi connectivity index (χ3v) is 8.52. The lowest BCUT2D eigenvalue weighted by molar-refractivity contribution is 0.156. The molecule has 0 amide bonds. The molecule has 0 aromatic carbocycles. The summed E-state index contributed by atoms with van der Waals surface area (Å²) in [6.45, 7) is 10.4. The van der Waals surface area contributed by atoms with Gasteiger partial charge >= 0.3 is 8.56 Å². The molecule has 1 saturated carbocycles. The summed E-state index contributed by atoms with van der Waals surface area (Å²) in [7, 11) is -1.97. The molecule has 1 aliphatic carbocycles. The normalized spacial score (nSPS) is 19.3. The lowest BCUT2D eigenvalue weighted by Gasteiger charge is -2.41. The molecule has 0 bridgehead atoms. The summed E-state index contributed by atoms with van der Waals surface area (Å²) in [5, 5.41) is 0. The Morgan fingerprint density at radius 3 is 1.88 bits per heavy atom. The fourth-order valence-corrected chi connectivity index (χ4v) is 7.32. The molecule has 0 radical (unpaired) electrons. The average molecular weight is 244 g/mol. The summed E-state index contributed by atoms with van der Waals surface area (Å²) < 4.78 is 12.4. The highest BCUT2D eigenvalue weighted by Crippen LogP contribution is 2.43. The molecular weight excluding hydrogens is 216 g/mol. The van der Waals surface area contributed by atoms with Crippen molar-refractivity contribution in [2.45, 2.75) is 70.9 Å². The molecule has 16 heavy (non-hydrogen) atoms. The zero-order chi connectivity index (χ0) is 12.0. The van der Waals surface area contributed by atoms with Gasteiger partial charge in [-0.2, -0.15) is 0 Å². The number of hydrogen-bond acceptors (Lipinski definition) is 2. The van der Waals surface area contributed by atoms with Crippen molar-refractivity contribution in [3.05, 3.63) is 0 Å². The molecule has 0 atom stereocenters. The lowest BCUT2D eigenvalue weighted by Crippen LogP contribution is -2.50. The second-order valence-corrected chi connectivity index (χ2v) is 9.07. The topological polar surface area (TPSA) is 18.5 Å². The van der Waals surface area contributed by atoms with E-state index in [9.17, 15) is 0 Å². The first kappa shape index (κ1) is 14.2. The van der Waals surface area contributed by atoms with Crippen LogP contribution in [0.5, 0.6) is 0 Å². The predicted molar refractivity (Wildman–Crippen MR) is 70.9 cm³/mol. The van der Waals surface area contributed by atoms with Gasteiger partial charge in [0.25, 0.3) is 0 Å². The predicted octanol–water partition coefficient (Wildman–Crippen LogP) is 4.25. The third-order valence-electron chi connectivity index (χ3n) is 3.72. The van der Waals surface area contributed by atoms with Gasteiger partial charge in [0.1, 0.15) is 0 Å². The van der Waals surface area contributed by atoms with E-state index < -0.39 is 8.56 Å². The van der Waals surface area contributed by atoms with E-state index in [0.29, 0.717) is 5.54 Å². The Hall–Kier alpha value is 0.137. The van der Waals surface area contributed by atoms with Gasteiger partial charge in [-0.1, -0.05) is 33.1 Å². The lowest BCUT2D eigenvalue weighted by atomic mass is 10.0. The van der Waals surface area contributed by atoms with Crippen molar-refractivity contribution >= 4 is 8.56 Å². The van der Waals surface area contributed by atoms with Crippen molar-refractivity contribution in [2.75, 3.05) is 13.2 Å². The molecule has 1 aliphatic rings. The number of hydrogen-bond donors (Lipinski definition) is 0. The Morgan fingerprint density at radius 2 is 1.50 bits per heavy atom. The van der Waals surface area contributed by atoms with Crippen LogP contribution >= 0.6 is 0 Å². The van der Waals surface area contributed by atoms with Crippen LogP contribution in [0.15, 0.2) is 0 Å². The first-order valence-electron chi connectivity index (χ1n) is 6.95.